The molecule has 0 spiro atoms. The Morgan fingerprint density at radius 3 is 2.75 bits per heavy atom. The number of phenolic OH excluding ortho intramolecular Hbond substituents is 1. The lowest BCUT2D eigenvalue weighted by atomic mass is 10.1. The molecular weight excluding hydrogens is 235 g/mol. The summed E-state index contributed by atoms with van der Waals surface area (Å²) >= 11 is 5.69. The summed E-state index contributed by atoms with van der Waals surface area (Å²) in [6.07, 6.45) is 0. The Balaban J connectivity index is 2.66. The topological polar surface area (TPSA) is 72.3 Å². The van der Waals surface area contributed by atoms with Crippen molar-refractivity contribution >= 4 is 17.4 Å². The maximum Gasteiger partial charge on any atom is 0.177 e. The van der Waals surface area contributed by atoms with Crippen molar-refractivity contribution in [1.82, 2.24) is 5.16 Å². The third-order valence-corrected chi connectivity index (χ3v) is 2.63. The molecule has 0 radical (unpaired) electrons. The van der Waals surface area contributed by atoms with Crippen LogP contribution in [-0.4, -0.2) is 10.3 Å². The van der Waals surface area contributed by atoms with E-state index in [1.54, 1.807) is 6.92 Å². The Labute approximate surface area is 95.4 Å². The molecule has 0 saturated heterocycles. The summed E-state index contributed by atoms with van der Waals surface area (Å²) in [5.41, 5.74) is 5.96. The largest absolute Gasteiger partial charge is 0.504 e. The maximum absolute atomic E-state index is 13.7. The fourth-order valence-electron chi connectivity index (χ4n) is 1.35. The zero-order valence-electron chi connectivity index (χ0n) is 8.29. The van der Waals surface area contributed by atoms with Gasteiger partial charge in [0.25, 0.3) is 0 Å². The predicted octanol–water partition coefficient (Wildman–Crippen LogP) is 2.73. The van der Waals surface area contributed by atoms with Crippen LogP contribution in [0.25, 0.3) is 11.3 Å². The van der Waals surface area contributed by atoms with Crippen molar-refractivity contribution in [2.24, 2.45) is 0 Å². The minimum absolute atomic E-state index is 0.0197. The van der Waals surface area contributed by atoms with Crippen LogP contribution in [0.5, 0.6) is 5.75 Å². The molecule has 0 bridgehead atoms. The van der Waals surface area contributed by atoms with E-state index in [0.717, 1.165) is 0 Å². The fraction of sp³-hybridized carbons (Fsp3) is 0.100. The van der Waals surface area contributed by atoms with Gasteiger partial charge in [-0.25, -0.2) is 4.39 Å². The lowest BCUT2D eigenvalue weighted by molar-refractivity contribution is 0.420. The number of anilines is 1. The zero-order chi connectivity index (χ0) is 11.9. The van der Waals surface area contributed by atoms with Crippen molar-refractivity contribution in [2.75, 3.05) is 5.73 Å². The first-order valence-corrected chi connectivity index (χ1v) is 4.78. The van der Waals surface area contributed by atoms with E-state index in [9.17, 15) is 9.50 Å². The second-order valence-corrected chi connectivity index (χ2v) is 3.71. The molecule has 6 heteroatoms. The van der Waals surface area contributed by atoms with Gasteiger partial charge in [-0.3, -0.25) is 0 Å². The number of hydrogen-bond acceptors (Lipinski definition) is 4. The van der Waals surface area contributed by atoms with Crippen molar-refractivity contribution in [3.8, 4) is 17.1 Å². The summed E-state index contributed by atoms with van der Waals surface area (Å²) in [7, 11) is 0. The SMILES string of the molecule is Cc1cc(-c2cc(N)no2)c(F)c(O)c1Cl. The Bertz CT molecular complexity index is 554. The minimum atomic E-state index is -0.855. The molecule has 0 saturated carbocycles. The summed E-state index contributed by atoms with van der Waals surface area (Å²) < 4.78 is 18.5. The first-order chi connectivity index (χ1) is 7.50. The Morgan fingerprint density at radius 2 is 2.19 bits per heavy atom. The number of aryl methyl sites for hydroxylation is 1. The van der Waals surface area contributed by atoms with Gasteiger partial charge < -0.3 is 15.4 Å². The number of nitrogens with zero attached hydrogens (tertiary/aromatic N) is 1. The lowest BCUT2D eigenvalue weighted by Crippen LogP contribution is -1.88. The maximum atomic E-state index is 13.7. The number of aromatic hydroxyl groups is 1. The first-order valence-electron chi connectivity index (χ1n) is 4.41. The van der Waals surface area contributed by atoms with Gasteiger partial charge in [0, 0.05) is 6.07 Å². The molecule has 0 aliphatic rings. The highest BCUT2D eigenvalue weighted by molar-refractivity contribution is 6.32. The highest BCUT2D eigenvalue weighted by Gasteiger charge is 2.18. The quantitative estimate of drug-likeness (QED) is 0.807. The summed E-state index contributed by atoms with van der Waals surface area (Å²) in [5, 5.41) is 12.9. The van der Waals surface area contributed by atoms with E-state index < -0.39 is 11.6 Å². The molecule has 1 aromatic carbocycles. The summed E-state index contributed by atoms with van der Waals surface area (Å²) in [5.74, 6) is -1.18. The summed E-state index contributed by atoms with van der Waals surface area (Å²) in [4.78, 5) is 0. The third kappa shape index (κ3) is 1.59. The summed E-state index contributed by atoms with van der Waals surface area (Å²) in [6, 6.07) is 2.82. The van der Waals surface area contributed by atoms with Crippen LogP contribution in [0, 0.1) is 12.7 Å². The normalized spacial score (nSPS) is 10.7. The Morgan fingerprint density at radius 1 is 1.50 bits per heavy atom. The van der Waals surface area contributed by atoms with Crippen LogP contribution in [0.15, 0.2) is 16.7 Å². The molecule has 2 rings (SSSR count). The second-order valence-electron chi connectivity index (χ2n) is 3.33. The van der Waals surface area contributed by atoms with E-state index in [2.05, 4.69) is 5.16 Å². The molecule has 0 unspecified atom stereocenters. The van der Waals surface area contributed by atoms with E-state index in [-0.39, 0.29) is 22.2 Å². The fourth-order valence-corrected chi connectivity index (χ4v) is 1.49. The van der Waals surface area contributed by atoms with Gasteiger partial charge in [0.15, 0.2) is 23.1 Å². The average Bonchev–Trinajstić information content (AvgIpc) is 2.67. The predicted molar refractivity (Wildman–Crippen MR) is 57.7 cm³/mol. The van der Waals surface area contributed by atoms with Crippen LogP contribution in [-0.2, 0) is 0 Å². The van der Waals surface area contributed by atoms with E-state index >= 15 is 0 Å². The van der Waals surface area contributed by atoms with E-state index in [0.29, 0.717) is 5.56 Å². The number of phenols is 1. The number of nitrogen functional groups attached to an aromatic ring is 1. The third-order valence-electron chi connectivity index (χ3n) is 2.15. The van der Waals surface area contributed by atoms with E-state index in [4.69, 9.17) is 21.9 Å². The standard InChI is InChI=1S/C10H8ClFN2O2/c1-4-2-5(6-3-7(13)14-16-6)9(12)10(15)8(4)11/h2-3,15H,1H3,(H2,13,14). The van der Waals surface area contributed by atoms with Crippen molar-refractivity contribution in [3.05, 3.63) is 28.5 Å². The van der Waals surface area contributed by atoms with Crippen molar-refractivity contribution in [3.63, 3.8) is 0 Å². The number of nitrogens with two attached hydrogens (primary N) is 1. The monoisotopic (exact) mass is 242 g/mol. The van der Waals surface area contributed by atoms with Crippen LogP contribution >= 0.6 is 11.6 Å². The van der Waals surface area contributed by atoms with Crippen molar-refractivity contribution in [2.45, 2.75) is 6.92 Å². The molecule has 2 aromatic rings. The summed E-state index contributed by atoms with van der Waals surface area (Å²) in [6.45, 7) is 1.64. The molecule has 3 N–H and O–H groups in total. The lowest BCUT2D eigenvalue weighted by Gasteiger charge is -2.06. The smallest absolute Gasteiger partial charge is 0.177 e. The van der Waals surface area contributed by atoms with Crippen molar-refractivity contribution < 1.29 is 14.0 Å². The minimum Gasteiger partial charge on any atom is -0.504 e. The zero-order valence-corrected chi connectivity index (χ0v) is 9.05. The van der Waals surface area contributed by atoms with Crippen LogP contribution in [0.3, 0.4) is 0 Å². The Kier molecular flexibility index (Phi) is 2.47. The number of rotatable bonds is 1. The highest BCUT2D eigenvalue weighted by atomic mass is 35.5. The first kappa shape index (κ1) is 10.8. The average molecular weight is 243 g/mol. The number of aromatic nitrogens is 1. The van der Waals surface area contributed by atoms with Crippen LogP contribution in [0.4, 0.5) is 10.2 Å². The molecular formula is C10H8ClFN2O2. The van der Waals surface area contributed by atoms with Gasteiger partial charge in [-0.2, -0.15) is 0 Å². The van der Waals surface area contributed by atoms with Gasteiger partial charge in [-0.15, -0.1) is 0 Å². The van der Waals surface area contributed by atoms with Gasteiger partial charge in [-0.1, -0.05) is 16.8 Å². The molecule has 0 aliphatic carbocycles. The Hall–Kier alpha value is -1.75. The highest BCUT2D eigenvalue weighted by Crippen LogP contribution is 2.37. The number of hydrogen-bond donors (Lipinski definition) is 2. The van der Waals surface area contributed by atoms with Gasteiger partial charge >= 0.3 is 0 Å². The molecule has 0 aliphatic heterocycles. The second kappa shape index (κ2) is 3.68. The van der Waals surface area contributed by atoms with Gasteiger partial charge in [0.05, 0.1) is 10.6 Å². The molecule has 0 amide bonds. The molecule has 1 aromatic heterocycles. The van der Waals surface area contributed by atoms with Crippen molar-refractivity contribution in [1.29, 1.82) is 0 Å². The van der Waals surface area contributed by atoms with Gasteiger partial charge in [0.2, 0.25) is 0 Å². The number of halogens is 2. The molecule has 16 heavy (non-hydrogen) atoms. The van der Waals surface area contributed by atoms with Crippen LogP contribution < -0.4 is 5.73 Å². The van der Waals surface area contributed by atoms with Crippen LogP contribution in [0.2, 0.25) is 5.02 Å². The van der Waals surface area contributed by atoms with Gasteiger partial charge in [0.1, 0.15) is 0 Å². The molecule has 1 heterocycles. The molecule has 84 valence electrons. The number of benzene rings is 1. The molecule has 0 fully saturated rings. The van der Waals surface area contributed by atoms with Gasteiger partial charge in [-0.05, 0) is 18.6 Å². The van der Waals surface area contributed by atoms with E-state index in [1.165, 1.54) is 12.1 Å². The van der Waals surface area contributed by atoms with E-state index in [1.807, 2.05) is 0 Å². The molecule has 0 atom stereocenters. The van der Waals surface area contributed by atoms with Crippen LogP contribution in [0.1, 0.15) is 5.56 Å². The molecule has 4 nitrogen and oxygen atoms in total.